The summed E-state index contributed by atoms with van der Waals surface area (Å²) < 4.78 is 18.7. The summed E-state index contributed by atoms with van der Waals surface area (Å²) in [6.45, 7) is 0. The highest BCUT2D eigenvalue weighted by atomic mass is 31.2. The standard InChI is InChI=1S/C51H33N4OP/c56-57(40-32-29-34-15-7-8-20-38(34)33-40)45-25-13-10-22-42(45)47-41-21-9-12-24-44(41)55(48(47)43-23-11-14-26-46(43)57)39-30-27-37(28-31-39)51-53-49(35-16-3-1-4-17-35)52-50(54-51)36-18-5-2-6-19-36/h1-33H. The molecule has 0 fully saturated rings. The third kappa shape index (κ3) is 5.32. The minimum absolute atomic E-state index is 0.598. The van der Waals surface area contributed by atoms with E-state index in [2.05, 4.69) is 120 Å². The highest BCUT2D eigenvalue weighted by molar-refractivity contribution is 7.85. The summed E-state index contributed by atoms with van der Waals surface area (Å²) in [4.78, 5) is 14.9. The summed E-state index contributed by atoms with van der Waals surface area (Å²) in [6.07, 6.45) is 0. The van der Waals surface area contributed by atoms with Crippen LogP contribution in [0.4, 0.5) is 0 Å². The normalized spacial score (nSPS) is 14.5. The Labute approximate surface area is 330 Å². The number of nitrogens with zero attached hydrogens (tertiary/aromatic N) is 4. The van der Waals surface area contributed by atoms with Crippen molar-refractivity contribution in [3.05, 3.63) is 200 Å². The van der Waals surface area contributed by atoms with Crippen LogP contribution in [0.25, 0.3) is 83.9 Å². The molecule has 1 aliphatic rings. The molecule has 57 heavy (non-hydrogen) atoms. The van der Waals surface area contributed by atoms with E-state index in [1.165, 1.54) is 0 Å². The summed E-state index contributed by atoms with van der Waals surface area (Å²) in [5, 5.41) is 5.80. The van der Waals surface area contributed by atoms with Gasteiger partial charge in [0.15, 0.2) is 24.6 Å². The topological polar surface area (TPSA) is 60.7 Å². The molecule has 11 rings (SSSR count). The number of aromatic nitrogens is 4. The van der Waals surface area contributed by atoms with E-state index in [-0.39, 0.29) is 0 Å². The van der Waals surface area contributed by atoms with Crippen LogP contribution in [0.3, 0.4) is 0 Å². The van der Waals surface area contributed by atoms with Crippen molar-refractivity contribution < 1.29 is 4.57 Å². The summed E-state index contributed by atoms with van der Waals surface area (Å²) >= 11 is 0. The molecular weight excluding hydrogens is 716 g/mol. The van der Waals surface area contributed by atoms with Crippen molar-refractivity contribution in [2.24, 2.45) is 0 Å². The number of para-hydroxylation sites is 1. The average Bonchev–Trinajstić information content (AvgIpc) is 3.59. The summed E-state index contributed by atoms with van der Waals surface area (Å²) in [6, 6.07) is 68.2. The first kappa shape index (κ1) is 33.2. The van der Waals surface area contributed by atoms with Gasteiger partial charge in [-0.2, -0.15) is 0 Å². The molecule has 0 bridgehead atoms. The fraction of sp³-hybridized carbons (Fsp3) is 0. The Hall–Kier alpha value is -7.20. The molecule has 0 spiro atoms. The van der Waals surface area contributed by atoms with Gasteiger partial charge in [0.25, 0.3) is 0 Å². The molecule has 268 valence electrons. The van der Waals surface area contributed by atoms with Crippen molar-refractivity contribution in [3.63, 3.8) is 0 Å². The third-order valence-corrected chi connectivity index (χ3v) is 14.2. The van der Waals surface area contributed by atoms with Gasteiger partial charge >= 0.3 is 0 Å². The number of rotatable bonds is 5. The Bertz CT molecular complexity index is 3150. The van der Waals surface area contributed by atoms with E-state index in [1.54, 1.807) is 0 Å². The third-order valence-electron chi connectivity index (χ3n) is 11.1. The fourth-order valence-corrected chi connectivity index (χ4v) is 11.5. The quantitative estimate of drug-likeness (QED) is 0.164. The predicted octanol–water partition coefficient (Wildman–Crippen LogP) is 11.3. The molecule has 5 nitrogen and oxygen atoms in total. The highest BCUT2D eigenvalue weighted by Crippen LogP contribution is 2.54. The zero-order chi connectivity index (χ0) is 37.9. The largest absolute Gasteiger partial charge is 0.309 e. The van der Waals surface area contributed by atoms with Gasteiger partial charge in [0, 0.05) is 54.8 Å². The molecule has 0 radical (unpaired) electrons. The van der Waals surface area contributed by atoms with Gasteiger partial charge < -0.3 is 9.13 Å². The number of hydrogen-bond acceptors (Lipinski definition) is 4. The molecule has 2 aromatic heterocycles. The second kappa shape index (κ2) is 13.2. The van der Waals surface area contributed by atoms with Crippen LogP contribution in [0.15, 0.2) is 200 Å². The van der Waals surface area contributed by atoms with Crippen LogP contribution in [0.1, 0.15) is 0 Å². The van der Waals surface area contributed by atoms with Gasteiger partial charge in [0.05, 0.1) is 11.2 Å². The number of fused-ring (bicyclic) bond motifs is 8. The van der Waals surface area contributed by atoms with Gasteiger partial charge in [-0.15, -0.1) is 0 Å². The molecule has 8 aromatic carbocycles. The Morgan fingerprint density at radius 1 is 0.421 bits per heavy atom. The van der Waals surface area contributed by atoms with Crippen LogP contribution in [-0.2, 0) is 4.57 Å². The van der Waals surface area contributed by atoms with E-state index >= 15 is 4.57 Å². The number of benzene rings is 8. The zero-order valence-electron chi connectivity index (χ0n) is 30.7. The minimum Gasteiger partial charge on any atom is -0.309 e. The second-order valence-electron chi connectivity index (χ2n) is 14.3. The molecule has 6 heteroatoms. The summed E-state index contributed by atoms with van der Waals surface area (Å²) in [5.74, 6) is 1.84. The molecule has 1 atom stereocenters. The lowest BCUT2D eigenvalue weighted by molar-refractivity contribution is 0.592. The molecule has 0 saturated carbocycles. The lowest BCUT2D eigenvalue weighted by Gasteiger charge is -2.23. The van der Waals surface area contributed by atoms with Gasteiger partial charge in [-0.25, -0.2) is 15.0 Å². The predicted molar refractivity (Wildman–Crippen MR) is 234 cm³/mol. The lowest BCUT2D eigenvalue weighted by atomic mass is 9.98. The molecular formula is C51H33N4OP. The van der Waals surface area contributed by atoms with Crippen molar-refractivity contribution in [2.75, 3.05) is 0 Å². The fourth-order valence-electron chi connectivity index (χ4n) is 8.42. The molecule has 3 heterocycles. The maximum absolute atomic E-state index is 16.3. The lowest BCUT2D eigenvalue weighted by Crippen LogP contribution is -2.26. The molecule has 10 aromatic rings. The maximum atomic E-state index is 16.3. The Kier molecular flexibility index (Phi) is 7.70. The number of hydrogen-bond donors (Lipinski definition) is 0. The van der Waals surface area contributed by atoms with E-state index in [9.17, 15) is 0 Å². The van der Waals surface area contributed by atoms with Gasteiger partial charge in [-0.1, -0.05) is 164 Å². The van der Waals surface area contributed by atoms with E-state index in [0.717, 1.165) is 82.4 Å². The smallest absolute Gasteiger partial charge is 0.172 e. The van der Waals surface area contributed by atoms with Gasteiger partial charge in [0.2, 0.25) is 0 Å². The Morgan fingerprint density at radius 3 is 1.60 bits per heavy atom. The average molecular weight is 749 g/mol. The minimum atomic E-state index is -3.38. The summed E-state index contributed by atoms with van der Waals surface area (Å²) in [5.41, 5.74) is 8.82. The first-order chi connectivity index (χ1) is 28.1. The second-order valence-corrected chi connectivity index (χ2v) is 17.0. The van der Waals surface area contributed by atoms with Crippen LogP contribution in [0.5, 0.6) is 0 Å². The van der Waals surface area contributed by atoms with E-state index in [1.807, 2.05) is 84.9 Å². The van der Waals surface area contributed by atoms with Crippen molar-refractivity contribution in [1.82, 2.24) is 19.5 Å². The first-order valence-electron chi connectivity index (χ1n) is 19.1. The first-order valence-corrected chi connectivity index (χ1v) is 20.8. The van der Waals surface area contributed by atoms with Crippen LogP contribution in [0, 0.1) is 0 Å². The van der Waals surface area contributed by atoms with Crippen LogP contribution in [-0.4, -0.2) is 19.5 Å². The van der Waals surface area contributed by atoms with Crippen molar-refractivity contribution in [2.45, 2.75) is 0 Å². The molecule has 0 N–H and O–H groups in total. The zero-order valence-corrected chi connectivity index (χ0v) is 31.6. The maximum Gasteiger partial charge on any atom is 0.172 e. The van der Waals surface area contributed by atoms with E-state index in [4.69, 9.17) is 15.0 Å². The molecule has 0 saturated heterocycles. The molecule has 1 aliphatic heterocycles. The molecule has 0 aliphatic carbocycles. The van der Waals surface area contributed by atoms with Gasteiger partial charge in [-0.3, -0.25) is 0 Å². The SMILES string of the molecule is O=P1(c2ccc3ccccc3c2)c2ccccc2-c2c(n(-c3ccc(-c4nc(-c5ccccc5)nc(-c5ccccc5)n4)cc3)c3ccccc23)-c2ccccc21. The molecule has 0 amide bonds. The highest BCUT2D eigenvalue weighted by Gasteiger charge is 2.40. The van der Waals surface area contributed by atoms with Gasteiger partial charge in [-0.05, 0) is 52.7 Å². The Balaban J connectivity index is 1.13. The van der Waals surface area contributed by atoms with Crippen LogP contribution in [0.2, 0.25) is 0 Å². The van der Waals surface area contributed by atoms with E-state index in [0.29, 0.717) is 17.5 Å². The van der Waals surface area contributed by atoms with Crippen molar-refractivity contribution in [3.8, 4) is 62.2 Å². The van der Waals surface area contributed by atoms with Crippen LogP contribution >= 0.6 is 7.14 Å². The van der Waals surface area contributed by atoms with Crippen LogP contribution < -0.4 is 15.9 Å². The van der Waals surface area contributed by atoms with Gasteiger partial charge in [0.1, 0.15) is 0 Å². The van der Waals surface area contributed by atoms with Crippen molar-refractivity contribution in [1.29, 1.82) is 0 Å². The monoisotopic (exact) mass is 748 g/mol. The summed E-state index contributed by atoms with van der Waals surface area (Å²) in [7, 11) is -3.38. The van der Waals surface area contributed by atoms with Crippen molar-refractivity contribution >= 4 is 44.7 Å². The molecule has 1 unspecified atom stereocenters. The van der Waals surface area contributed by atoms with E-state index < -0.39 is 7.14 Å². The Morgan fingerprint density at radius 2 is 0.930 bits per heavy atom.